The molecule has 0 N–H and O–H groups in total. The maximum atomic E-state index is 14.5. The van der Waals surface area contributed by atoms with Gasteiger partial charge in [-0.25, -0.2) is 23.3 Å². The van der Waals surface area contributed by atoms with Crippen LogP contribution in [0, 0.1) is 11.6 Å². The SMILES string of the molecule is Fc1ccc(F)c([C@H]2CCCN2c2ccn3ncc(-c4nc5cc6c(cc5o4)OCO6)c3n2)c1. The molecule has 170 valence electrons. The number of benzene rings is 2. The molecule has 0 amide bonds. The molecule has 0 saturated carbocycles. The normalized spacial score (nSPS) is 17.4. The van der Waals surface area contributed by atoms with Crippen molar-refractivity contribution in [2.45, 2.75) is 18.9 Å². The molecule has 0 unspecified atom stereocenters. The zero-order chi connectivity index (χ0) is 22.8. The number of anilines is 1. The highest BCUT2D eigenvalue weighted by Crippen LogP contribution is 2.39. The average Bonchev–Trinajstić information content (AvgIpc) is 3.62. The molecule has 10 heteroatoms. The number of halogens is 2. The monoisotopic (exact) mass is 461 g/mol. The van der Waals surface area contributed by atoms with Crippen molar-refractivity contribution in [3.63, 3.8) is 0 Å². The van der Waals surface area contributed by atoms with Crippen LogP contribution in [-0.2, 0) is 0 Å². The van der Waals surface area contributed by atoms with Crippen LogP contribution in [0.4, 0.5) is 14.6 Å². The van der Waals surface area contributed by atoms with E-state index in [1.807, 2.05) is 11.0 Å². The van der Waals surface area contributed by atoms with Crippen LogP contribution in [0.2, 0.25) is 0 Å². The van der Waals surface area contributed by atoms with Gasteiger partial charge < -0.3 is 18.8 Å². The van der Waals surface area contributed by atoms with Gasteiger partial charge in [0.1, 0.15) is 28.5 Å². The first-order valence-electron chi connectivity index (χ1n) is 10.9. The lowest BCUT2D eigenvalue weighted by Gasteiger charge is -2.26. The lowest BCUT2D eigenvalue weighted by atomic mass is 10.0. The molecule has 2 aliphatic heterocycles. The van der Waals surface area contributed by atoms with E-state index in [0.717, 1.165) is 12.5 Å². The minimum Gasteiger partial charge on any atom is -0.454 e. The summed E-state index contributed by atoms with van der Waals surface area (Å²) in [5, 5.41) is 4.37. The number of rotatable bonds is 3. The molecule has 1 atom stereocenters. The number of fused-ring (bicyclic) bond motifs is 3. The Kier molecular flexibility index (Phi) is 4.05. The Morgan fingerprint density at radius 2 is 1.88 bits per heavy atom. The molecule has 1 fully saturated rings. The Morgan fingerprint density at radius 3 is 2.79 bits per heavy atom. The van der Waals surface area contributed by atoms with Crippen LogP contribution in [-0.4, -0.2) is 32.9 Å². The Morgan fingerprint density at radius 1 is 1.00 bits per heavy atom. The van der Waals surface area contributed by atoms with Crippen LogP contribution in [0.3, 0.4) is 0 Å². The predicted octanol–water partition coefficient (Wildman–Crippen LogP) is 4.89. The molecule has 0 radical (unpaired) electrons. The molecular formula is C24H17F2N5O3. The molecule has 2 aromatic carbocycles. The number of nitrogens with zero attached hydrogens (tertiary/aromatic N) is 5. The second-order valence-electron chi connectivity index (χ2n) is 8.32. The van der Waals surface area contributed by atoms with Crippen LogP contribution in [0.15, 0.2) is 53.2 Å². The van der Waals surface area contributed by atoms with Gasteiger partial charge in [-0.2, -0.15) is 5.10 Å². The van der Waals surface area contributed by atoms with E-state index in [9.17, 15) is 8.78 Å². The van der Waals surface area contributed by atoms with Crippen molar-refractivity contribution in [3.8, 4) is 23.0 Å². The van der Waals surface area contributed by atoms with Crippen molar-refractivity contribution in [3.05, 3.63) is 66.0 Å². The van der Waals surface area contributed by atoms with Gasteiger partial charge >= 0.3 is 0 Å². The zero-order valence-electron chi connectivity index (χ0n) is 17.7. The molecule has 5 aromatic rings. The number of oxazole rings is 1. The summed E-state index contributed by atoms with van der Waals surface area (Å²) in [6.45, 7) is 0.855. The van der Waals surface area contributed by atoms with Crippen molar-refractivity contribution < 1.29 is 22.7 Å². The van der Waals surface area contributed by atoms with Crippen molar-refractivity contribution in [2.24, 2.45) is 0 Å². The van der Waals surface area contributed by atoms with Crippen LogP contribution in [0.5, 0.6) is 11.5 Å². The molecule has 7 rings (SSSR count). The molecule has 0 bridgehead atoms. The minimum atomic E-state index is -0.456. The van der Waals surface area contributed by atoms with E-state index >= 15 is 0 Å². The van der Waals surface area contributed by atoms with E-state index in [2.05, 4.69) is 10.1 Å². The molecule has 0 spiro atoms. The van der Waals surface area contributed by atoms with Gasteiger partial charge in [0.05, 0.1) is 12.2 Å². The summed E-state index contributed by atoms with van der Waals surface area (Å²) >= 11 is 0. The first-order valence-corrected chi connectivity index (χ1v) is 10.9. The molecule has 5 heterocycles. The largest absolute Gasteiger partial charge is 0.454 e. The third-order valence-corrected chi connectivity index (χ3v) is 6.33. The van der Waals surface area contributed by atoms with E-state index in [0.29, 0.717) is 64.0 Å². The maximum absolute atomic E-state index is 14.5. The van der Waals surface area contributed by atoms with Crippen molar-refractivity contribution in [2.75, 3.05) is 18.2 Å². The molecule has 1 saturated heterocycles. The summed E-state index contributed by atoms with van der Waals surface area (Å²) in [7, 11) is 0. The highest BCUT2D eigenvalue weighted by molar-refractivity contribution is 5.83. The van der Waals surface area contributed by atoms with Gasteiger partial charge in [-0.1, -0.05) is 0 Å². The minimum absolute atomic E-state index is 0.173. The molecule has 2 aliphatic rings. The van der Waals surface area contributed by atoms with E-state index < -0.39 is 11.6 Å². The molecule has 8 nitrogen and oxygen atoms in total. The van der Waals surface area contributed by atoms with Crippen LogP contribution in [0.1, 0.15) is 24.4 Å². The average molecular weight is 461 g/mol. The summed E-state index contributed by atoms with van der Waals surface area (Å²) < 4.78 is 46.8. The molecule has 0 aliphatic carbocycles. The smallest absolute Gasteiger partial charge is 0.232 e. The second kappa shape index (κ2) is 7.14. The van der Waals surface area contributed by atoms with E-state index in [1.165, 1.54) is 12.1 Å². The van der Waals surface area contributed by atoms with E-state index in [-0.39, 0.29) is 12.8 Å². The second-order valence-corrected chi connectivity index (χ2v) is 8.32. The highest BCUT2D eigenvalue weighted by atomic mass is 19.1. The van der Waals surface area contributed by atoms with Gasteiger partial charge in [0.25, 0.3) is 0 Å². The number of ether oxygens (including phenoxy) is 2. The maximum Gasteiger partial charge on any atom is 0.232 e. The Balaban J connectivity index is 1.30. The van der Waals surface area contributed by atoms with Gasteiger partial charge in [0.2, 0.25) is 12.7 Å². The fraction of sp³-hybridized carbons (Fsp3) is 0.208. The number of hydrogen-bond acceptors (Lipinski definition) is 7. The third-order valence-electron chi connectivity index (χ3n) is 6.33. The standard InChI is InChI=1S/C24H17F2N5O3/c25-13-3-4-16(26)14(8-13)18-2-1-6-30(18)22-5-7-31-23(29-22)15(11-27-31)24-28-17-9-20-21(33-12-32-20)10-19(17)34-24/h3-5,7-11,18H,1-2,6,12H2/t18-/m1/s1. The zero-order valence-corrected chi connectivity index (χ0v) is 17.7. The fourth-order valence-corrected chi connectivity index (χ4v) is 4.74. The predicted molar refractivity (Wildman–Crippen MR) is 118 cm³/mol. The summed E-state index contributed by atoms with van der Waals surface area (Å²) in [6.07, 6.45) is 4.99. The summed E-state index contributed by atoms with van der Waals surface area (Å²) in [5.74, 6) is 1.38. The van der Waals surface area contributed by atoms with Gasteiger partial charge in [-0.15, -0.1) is 0 Å². The summed E-state index contributed by atoms with van der Waals surface area (Å²) in [6, 6.07) is 8.62. The topological polar surface area (TPSA) is 77.9 Å². The number of hydrogen-bond donors (Lipinski definition) is 0. The summed E-state index contributed by atoms with van der Waals surface area (Å²) in [4.78, 5) is 11.4. The van der Waals surface area contributed by atoms with Crippen molar-refractivity contribution >= 4 is 22.6 Å². The first kappa shape index (κ1) is 19.3. The third kappa shape index (κ3) is 2.91. The lowest BCUT2D eigenvalue weighted by molar-refractivity contribution is 0.174. The van der Waals surface area contributed by atoms with Gasteiger partial charge in [0.15, 0.2) is 22.7 Å². The molecule has 3 aromatic heterocycles. The molecule has 34 heavy (non-hydrogen) atoms. The van der Waals surface area contributed by atoms with Crippen LogP contribution in [0.25, 0.3) is 28.2 Å². The lowest BCUT2D eigenvalue weighted by Crippen LogP contribution is -2.24. The quantitative estimate of drug-likeness (QED) is 0.379. The molecular weight excluding hydrogens is 444 g/mol. The summed E-state index contributed by atoms with van der Waals surface area (Å²) in [5.41, 5.74) is 2.71. The number of aromatic nitrogens is 4. The van der Waals surface area contributed by atoms with Crippen molar-refractivity contribution in [1.82, 2.24) is 19.6 Å². The Bertz CT molecular complexity index is 1540. The van der Waals surface area contributed by atoms with Gasteiger partial charge in [-0.05, 0) is 37.1 Å². The van der Waals surface area contributed by atoms with E-state index in [1.54, 1.807) is 29.0 Å². The van der Waals surface area contributed by atoms with Gasteiger partial charge in [-0.3, -0.25) is 0 Å². The van der Waals surface area contributed by atoms with Crippen molar-refractivity contribution in [1.29, 1.82) is 0 Å². The highest BCUT2D eigenvalue weighted by Gasteiger charge is 2.30. The Hall–Kier alpha value is -4.21. The van der Waals surface area contributed by atoms with Gasteiger partial charge in [0, 0.05) is 30.4 Å². The van der Waals surface area contributed by atoms with E-state index in [4.69, 9.17) is 18.9 Å². The first-order chi connectivity index (χ1) is 16.6. The van der Waals surface area contributed by atoms with Crippen LogP contribution >= 0.6 is 0 Å². The Labute approximate surface area is 191 Å². The fourth-order valence-electron chi connectivity index (χ4n) is 4.74. The van der Waals surface area contributed by atoms with Crippen LogP contribution < -0.4 is 14.4 Å².